The number of dihydropyridines is 1. The Morgan fingerprint density at radius 1 is 1.36 bits per heavy atom. The van der Waals surface area contributed by atoms with Crippen molar-refractivity contribution in [3.05, 3.63) is 37.1 Å². The van der Waals surface area contributed by atoms with E-state index in [2.05, 4.69) is 15.4 Å². The highest BCUT2D eigenvalue weighted by Crippen LogP contribution is 2.04. The Hall–Kier alpha value is -1.58. The maximum absolute atomic E-state index is 4.00. The third-order valence-electron chi connectivity index (χ3n) is 1.49. The van der Waals surface area contributed by atoms with Gasteiger partial charge in [-0.25, -0.2) is 9.67 Å². The van der Waals surface area contributed by atoms with Crippen LogP contribution in [0.4, 0.5) is 0 Å². The fourth-order valence-corrected chi connectivity index (χ4v) is 0.960. The summed E-state index contributed by atoms with van der Waals surface area (Å²) in [6.45, 7) is 0. The first-order valence-electron chi connectivity index (χ1n) is 3.40. The van der Waals surface area contributed by atoms with Gasteiger partial charge in [-0.1, -0.05) is 6.08 Å². The molecule has 0 aliphatic carbocycles. The molecule has 1 N–H and O–H groups in total. The van der Waals surface area contributed by atoms with Crippen molar-refractivity contribution in [2.45, 2.75) is 6.17 Å². The summed E-state index contributed by atoms with van der Waals surface area (Å²) >= 11 is 0. The summed E-state index contributed by atoms with van der Waals surface area (Å²) in [5, 5.41) is 7.11. The fraction of sp³-hybridized carbons (Fsp3) is 0.143. The van der Waals surface area contributed by atoms with E-state index in [1.165, 1.54) is 6.33 Å². The highest BCUT2D eigenvalue weighted by molar-refractivity contribution is 5.09. The second kappa shape index (κ2) is 2.57. The van der Waals surface area contributed by atoms with Gasteiger partial charge in [0.25, 0.3) is 0 Å². The van der Waals surface area contributed by atoms with Crippen LogP contribution in [0.2, 0.25) is 0 Å². The molecule has 0 bridgehead atoms. The lowest BCUT2D eigenvalue weighted by molar-refractivity contribution is 0.489. The van der Waals surface area contributed by atoms with Crippen LogP contribution in [0.15, 0.2) is 37.1 Å². The van der Waals surface area contributed by atoms with Crippen LogP contribution < -0.4 is 5.32 Å². The Morgan fingerprint density at radius 2 is 2.36 bits per heavy atom. The molecule has 1 aromatic heterocycles. The molecule has 1 aliphatic heterocycles. The van der Waals surface area contributed by atoms with Gasteiger partial charge in [-0.15, -0.1) is 0 Å². The van der Waals surface area contributed by atoms with E-state index >= 15 is 0 Å². The zero-order chi connectivity index (χ0) is 7.52. The first kappa shape index (κ1) is 6.15. The molecule has 0 spiro atoms. The van der Waals surface area contributed by atoms with Gasteiger partial charge in [0.15, 0.2) is 0 Å². The minimum Gasteiger partial charge on any atom is -0.367 e. The lowest BCUT2D eigenvalue weighted by Gasteiger charge is -2.14. The lowest BCUT2D eigenvalue weighted by atomic mass is 10.3. The number of nitrogens with zero attached hydrogens (tertiary/aromatic N) is 3. The average Bonchev–Trinajstić information content (AvgIpc) is 2.58. The highest BCUT2D eigenvalue weighted by Gasteiger charge is 2.04. The Balaban J connectivity index is 2.19. The van der Waals surface area contributed by atoms with E-state index in [1.807, 2.05) is 24.4 Å². The molecular weight excluding hydrogens is 140 g/mol. The maximum Gasteiger partial charge on any atom is 0.141 e. The zero-order valence-electron chi connectivity index (χ0n) is 5.88. The molecule has 4 nitrogen and oxygen atoms in total. The molecule has 1 aliphatic rings. The van der Waals surface area contributed by atoms with E-state index in [4.69, 9.17) is 0 Å². The molecule has 1 aromatic rings. The summed E-state index contributed by atoms with van der Waals surface area (Å²) in [6, 6.07) is 0. The molecule has 0 amide bonds. The van der Waals surface area contributed by atoms with E-state index in [1.54, 1.807) is 11.0 Å². The van der Waals surface area contributed by atoms with Crippen LogP contribution in [0, 0.1) is 0 Å². The van der Waals surface area contributed by atoms with Crippen molar-refractivity contribution in [1.82, 2.24) is 20.1 Å². The molecular formula is C7H8N4. The Labute approximate surface area is 64.2 Å². The smallest absolute Gasteiger partial charge is 0.141 e. The highest BCUT2D eigenvalue weighted by atomic mass is 15.4. The predicted octanol–water partition coefficient (Wildman–Crippen LogP) is 0.450. The SMILES string of the molecule is C1=CNC(n2cncn2)C=C1. The van der Waals surface area contributed by atoms with Crippen molar-refractivity contribution in [2.24, 2.45) is 0 Å². The molecule has 1 unspecified atom stereocenters. The van der Waals surface area contributed by atoms with Crippen LogP contribution in [-0.2, 0) is 0 Å². The van der Waals surface area contributed by atoms with Crippen LogP contribution in [0.1, 0.15) is 6.17 Å². The van der Waals surface area contributed by atoms with Crippen LogP contribution >= 0.6 is 0 Å². The first-order chi connectivity index (χ1) is 5.47. The van der Waals surface area contributed by atoms with Crippen LogP contribution in [-0.4, -0.2) is 14.8 Å². The number of hydrogen-bond donors (Lipinski definition) is 1. The molecule has 0 fully saturated rings. The lowest BCUT2D eigenvalue weighted by Crippen LogP contribution is -2.22. The monoisotopic (exact) mass is 148 g/mol. The van der Waals surface area contributed by atoms with Crippen LogP contribution in [0.3, 0.4) is 0 Å². The Morgan fingerprint density at radius 3 is 3.00 bits per heavy atom. The summed E-state index contributed by atoms with van der Waals surface area (Å²) in [6.07, 6.45) is 11.1. The second-order valence-electron chi connectivity index (χ2n) is 2.23. The van der Waals surface area contributed by atoms with Crippen molar-refractivity contribution in [1.29, 1.82) is 0 Å². The van der Waals surface area contributed by atoms with Gasteiger partial charge in [0.1, 0.15) is 18.8 Å². The predicted molar refractivity (Wildman–Crippen MR) is 40.5 cm³/mol. The average molecular weight is 148 g/mol. The van der Waals surface area contributed by atoms with Gasteiger partial charge in [0, 0.05) is 0 Å². The molecule has 4 heteroatoms. The van der Waals surface area contributed by atoms with Crippen molar-refractivity contribution in [3.8, 4) is 0 Å². The van der Waals surface area contributed by atoms with E-state index in [9.17, 15) is 0 Å². The first-order valence-corrected chi connectivity index (χ1v) is 3.40. The summed E-state index contributed by atoms with van der Waals surface area (Å²) < 4.78 is 1.75. The Kier molecular flexibility index (Phi) is 1.44. The van der Waals surface area contributed by atoms with E-state index in [0.717, 1.165) is 0 Å². The summed E-state index contributed by atoms with van der Waals surface area (Å²) in [4.78, 5) is 3.85. The van der Waals surface area contributed by atoms with Gasteiger partial charge >= 0.3 is 0 Å². The molecule has 0 saturated heterocycles. The van der Waals surface area contributed by atoms with E-state index in [-0.39, 0.29) is 6.17 Å². The zero-order valence-corrected chi connectivity index (χ0v) is 5.88. The molecule has 0 radical (unpaired) electrons. The topological polar surface area (TPSA) is 42.7 Å². The third-order valence-corrected chi connectivity index (χ3v) is 1.49. The van der Waals surface area contributed by atoms with Crippen LogP contribution in [0.25, 0.3) is 0 Å². The van der Waals surface area contributed by atoms with Gasteiger partial charge in [-0.2, -0.15) is 5.10 Å². The number of hydrogen-bond acceptors (Lipinski definition) is 3. The van der Waals surface area contributed by atoms with Crippen molar-refractivity contribution in [3.63, 3.8) is 0 Å². The third kappa shape index (κ3) is 1.14. The number of aromatic nitrogens is 3. The number of allylic oxidation sites excluding steroid dienone is 2. The summed E-state index contributed by atoms with van der Waals surface area (Å²) in [5.74, 6) is 0. The van der Waals surface area contributed by atoms with Gasteiger partial charge in [0.05, 0.1) is 0 Å². The van der Waals surface area contributed by atoms with Crippen molar-refractivity contribution < 1.29 is 0 Å². The van der Waals surface area contributed by atoms with Gasteiger partial charge in [0.2, 0.25) is 0 Å². The summed E-state index contributed by atoms with van der Waals surface area (Å²) in [5.41, 5.74) is 0. The van der Waals surface area contributed by atoms with Crippen LogP contribution in [0.5, 0.6) is 0 Å². The fourth-order valence-electron chi connectivity index (χ4n) is 0.960. The van der Waals surface area contributed by atoms with E-state index < -0.39 is 0 Å². The maximum atomic E-state index is 4.00. The number of nitrogens with one attached hydrogen (secondary N) is 1. The normalized spacial score (nSPS) is 21.6. The molecule has 56 valence electrons. The summed E-state index contributed by atoms with van der Waals surface area (Å²) in [7, 11) is 0. The molecule has 2 rings (SSSR count). The van der Waals surface area contributed by atoms with Crippen molar-refractivity contribution in [2.75, 3.05) is 0 Å². The molecule has 1 atom stereocenters. The molecule has 11 heavy (non-hydrogen) atoms. The van der Waals surface area contributed by atoms with Gasteiger partial charge in [-0.3, -0.25) is 0 Å². The standard InChI is InChI=1S/C7H8N4/c1-2-4-9-7(3-1)11-6-8-5-10-11/h1-7,9H. The minimum atomic E-state index is 0.113. The Bertz CT molecular complexity index is 273. The molecule has 0 saturated carbocycles. The molecule has 2 heterocycles. The van der Waals surface area contributed by atoms with Gasteiger partial charge in [-0.05, 0) is 18.4 Å². The largest absolute Gasteiger partial charge is 0.367 e. The van der Waals surface area contributed by atoms with E-state index in [0.29, 0.717) is 0 Å². The number of rotatable bonds is 1. The van der Waals surface area contributed by atoms with Crippen molar-refractivity contribution >= 4 is 0 Å². The quantitative estimate of drug-likeness (QED) is 0.628. The second-order valence-corrected chi connectivity index (χ2v) is 2.23. The minimum absolute atomic E-state index is 0.113. The molecule has 0 aromatic carbocycles. The van der Waals surface area contributed by atoms with Gasteiger partial charge < -0.3 is 5.32 Å².